The maximum Gasteiger partial charge on any atom is 0.240 e. The molecule has 6 heteroatoms. The van der Waals surface area contributed by atoms with E-state index in [0.717, 1.165) is 29.0 Å². The maximum absolute atomic E-state index is 12.1. The second kappa shape index (κ2) is 7.39. The van der Waals surface area contributed by atoms with Gasteiger partial charge in [-0.05, 0) is 79.1 Å². The van der Waals surface area contributed by atoms with Gasteiger partial charge in [-0.25, -0.2) is 13.1 Å². The van der Waals surface area contributed by atoms with Gasteiger partial charge in [0.25, 0.3) is 0 Å². The molecule has 0 aromatic heterocycles. The van der Waals surface area contributed by atoms with E-state index >= 15 is 0 Å². The summed E-state index contributed by atoms with van der Waals surface area (Å²) in [6, 6.07) is 7.53. The molecule has 1 aliphatic rings. The molecule has 1 saturated heterocycles. The van der Waals surface area contributed by atoms with Crippen molar-refractivity contribution < 1.29 is 8.42 Å². The zero-order valence-corrected chi connectivity index (χ0v) is 15.5. The van der Waals surface area contributed by atoms with E-state index in [4.69, 9.17) is 0 Å². The molecule has 1 heterocycles. The smallest absolute Gasteiger partial charge is 0.240 e. The molecule has 4 nitrogen and oxygen atoms in total. The van der Waals surface area contributed by atoms with Crippen molar-refractivity contribution in [1.29, 1.82) is 0 Å². The molecule has 2 atom stereocenters. The average molecular weight is 422 g/mol. The third-order valence-corrected chi connectivity index (χ3v) is 6.15. The van der Waals surface area contributed by atoms with E-state index in [1.807, 2.05) is 12.1 Å². The van der Waals surface area contributed by atoms with Crippen molar-refractivity contribution in [2.24, 2.45) is 5.92 Å². The molecule has 118 valence electrons. The summed E-state index contributed by atoms with van der Waals surface area (Å²) >= 11 is 2.16. The number of halogens is 1. The molecule has 0 radical (unpaired) electrons. The Morgan fingerprint density at radius 3 is 2.52 bits per heavy atom. The van der Waals surface area contributed by atoms with E-state index in [2.05, 4.69) is 46.1 Å². The van der Waals surface area contributed by atoms with Crippen LogP contribution in [0.25, 0.3) is 0 Å². The Hall–Kier alpha value is -0.180. The predicted molar refractivity (Wildman–Crippen MR) is 93.8 cm³/mol. The summed E-state index contributed by atoms with van der Waals surface area (Å²) in [6.07, 6.45) is 2.09. The molecule has 1 N–H and O–H groups in total. The molecule has 1 aromatic carbocycles. The summed E-state index contributed by atoms with van der Waals surface area (Å²) in [7, 11) is -3.37. The van der Waals surface area contributed by atoms with Crippen LogP contribution in [0.2, 0.25) is 0 Å². The molecule has 1 fully saturated rings. The fourth-order valence-electron chi connectivity index (χ4n) is 2.88. The van der Waals surface area contributed by atoms with Crippen molar-refractivity contribution in [2.45, 2.75) is 37.6 Å². The summed E-state index contributed by atoms with van der Waals surface area (Å²) in [6.45, 7) is 7.10. The molecule has 2 unspecified atom stereocenters. The molecule has 1 aliphatic heterocycles. The Morgan fingerprint density at radius 1 is 1.29 bits per heavy atom. The molecule has 0 spiro atoms. The zero-order chi connectivity index (χ0) is 15.5. The van der Waals surface area contributed by atoms with E-state index in [-0.39, 0.29) is 0 Å². The SMILES string of the molecule is CC1CC(C)N(CCCNS(=O)(=O)c2ccc(I)cc2)C1. The number of sulfonamides is 1. The Bertz CT molecular complexity index is 560. The molecule has 0 aliphatic carbocycles. The van der Waals surface area contributed by atoms with Gasteiger partial charge in [0.05, 0.1) is 4.90 Å². The van der Waals surface area contributed by atoms with Crippen molar-refractivity contribution in [1.82, 2.24) is 9.62 Å². The standard InChI is InChI=1S/C15H23IN2O2S/c1-12-10-13(2)18(11-12)9-3-8-17-21(19,20)15-6-4-14(16)5-7-15/h4-7,12-13,17H,3,8-11H2,1-2H3. The van der Waals surface area contributed by atoms with E-state index in [9.17, 15) is 8.42 Å². The van der Waals surface area contributed by atoms with Crippen molar-refractivity contribution in [3.63, 3.8) is 0 Å². The van der Waals surface area contributed by atoms with Crippen LogP contribution in [-0.2, 0) is 10.0 Å². The van der Waals surface area contributed by atoms with Crippen LogP contribution in [0.15, 0.2) is 29.2 Å². The summed E-state index contributed by atoms with van der Waals surface area (Å²) in [5, 5.41) is 0. The van der Waals surface area contributed by atoms with Gasteiger partial charge in [-0.3, -0.25) is 0 Å². The van der Waals surface area contributed by atoms with E-state index in [1.165, 1.54) is 6.42 Å². The zero-order valence-electron chi connectivity index (χ0n) is 12.5. The second-order valence-electron chi connectivity index (χ2n) is 5.89. The highest BCUT2D eigenvalue weighted by molar-refractivity contribution is 14.1. The topological polar surface area (TPSA) is 49.4 Å². The lowest BCUT2D eigenvalue weighted by Gasteiger charge is -2.20. The lowest BCUT2D eigenvalue weighted by Crippen LogP contribution is -2.32. The van der Waals surface area contributed by atoms with E-state index in [1.54, 1.807) is 12.1 Å². The van der Waals surface area contributed by atoms with Crippen LogP contribution < -0.4 is 4.72 Å². The average Bonchev–Trinajstić information content (AvgIpc) is 2.74. The lowest BCUT2D eigenvalue weighted by molar-refractivity contribution is 0.262. The predicted octanol–water partition coefficient (Wildman–Crippen LogP) is 2.69. The molecule has 0 amide bonds. The molecular weight excluding hydrogens is 399 g/mol. The molecule has 0 bridgehead atoms. The quantitative estimate of drug-likeness (QED) is 0.567. The Labute approximate surface area is 141 Å². The summed E-state index contributed by atoms with van der Waals surface area (Å²) in [4.78, 5) is 2.79. The van der Waals surface area contributed by atoms with E-state index in [0.29, 0.717) is 17.5 Å². The first-order chi connectivity index (χ1) is 9.88. The number of hydrogen-bond acceptors (Lipinski definition) is 3. The first-order valence-corrected chi connectivity index (χ1v) is 9.94. The van der Waals surface area contributed by atoms with Gasteiger partial charge in [-0.2, -0.15) is 0 Å². The minimum atomic E-state index is -3.37. The Morgan fingerprint density at radius 2 is 1.95 bits per heavy atom. The van der Waals surface area contributed by atoms with Gasteiger partial charge in [0, 0.05) is 22.7 Å². The van der Waals surface area contributed by atoms with Crippen LogP contribution in [0.3, 0.4) is 0 Å². The molecule has 21 heavy (non-hydrogen) atoms. The summed E-state index contributed by atoms with van der Waals surface area (Å²) in [5.74, 6) is 0.753. The number of likely N-dealkylation sites (tertiary alicyclic amines) is 1. The highest BCUT2D eigenvalue weighted by Gasteiger charge is 2.25. The van der Waals surface area contributed by atoms with Crippen molar-refractivity contribution in [2.75, 3.05) is 19.6 Å². The summed E-state index contributed by atoms with van der Waals surface area (Å²) in [5.41, 5.74) is 0. The Balaban J connectivity index is 1.79. The second-order valence-corrected chi connectivity index (χ2v) is 8.90. The van der Waals surface area contributed by atoms with Crippen LogP contribution in [0.1, 0.15) is 26.7 Å². The Kier molecular flexibility index (Phi) is 6.05. The van der Waals surface area contributed by atoms with Gasteiger partial charge in [0.1, 0.15) is 0 Å². The minimum Gasteiger partial charge on any atom is -0.300 e. The van der Waals surface area contributed by atoms with Crippen molar-refractivity contribution in [3.8, 4) is 0 Å². The lowest BCUT2D eigenvalue weighted by atomic mass is 10.1. The van der Waals surface area contributed by atoms with E-state index < -0.39 is 10.0 Å². The first kappa shape index (κ1) is 17.2. The van der Waals surface area contributed by atoms with Gasteiger partial charge < -0.3 is 4.90 Å². The van der Waals surface area contributed by atoms with Gasteiger partial charge >= 0.3 is 0 Å². The van der Waals surface area contributed by atoms with Crippen LogP contribution in [-0.4, -0.2) is 39.0 Å². The van der Waals surface area contributed by atoms with Gasteiger partial charge in [0.2, 0.25) is 10.0 Å². The molecule has 1 aromatic rings. The maximum atomic E-state index is 12.1. The van der Waals surface area contributed by atoms with Crippen LogP contribution in [0.4, 0.5) is 0 Å². The van der Waals surface area contributed by atoms with Gasteiger partial charge in [-0.15, -0.1) is 0 Å². The number of benzene rings is 1. The highest BCUT2D eigenvalue weighted by atomic mass is 127. The highest BCUT2D eigenvalue weighted by Crippen LogP contribution is 2.22. The largest absolute Gasteiger partial charge is 0.300 e. The van der Waals surface area contributed by atoms with Crippen LogP contribution in [0, 0.1) is 9.49 Å². The number of nitrogens with zero attached hydrogens (tertiary/aromatic N) is 1. The number of hydrogen-bond donors (Lipinski definition) is 1. The third kappa shape index (κ3) is 4.91. The van der Waals surface area contributed by atoms with Crippen molar-refractivity contribution in [3.05, 3.63) is 27.8 Å². The number of rotatable bonds is 6. The molecular formula is C15H23IN2O2S. The van der Waals surface area contributed by atoms with Crippen molar-refractivity contribution >= 4 is 32.6 Å². The normalized spacial score (nSPS) is 23.6. The van der Waals surface area contributed by atoms with Crippen LogP contribution >= 0.6 is 22.6 Å². The number of nitrogens with one attached hydrogen (secondary N) is 1. The summed E-state index contributed by atoms with van der Waals surface area (Å²) < 4.78 is 28.0. The first-order valence-electron chi connectivity index (χ1n) is 7.38. The van der Waals surface area contributed by atoms with Gasteiger partial charge in [0.15, 0.2) is 0 Å². The third-order valence-electron chi connectivity index (χ3n) is 3.95. The minimum absolute atomic E-state index is 0.339. The van der Waals surface area contributed by atoms with Gasteiger partial charge in [-0.1, -0.05) is 6.92 Å². The fourth-order valence-corrected chi connectivity index (χ4v) is 4.32. The molecule has 2 rings (SSSR count). The fraction of sp³-hybridized carbons (Fsp3) is 0.600. The molecule has 0 saturated carbocycles. The van der Waals surface area contributed by atoms with Crippen LogP contribution in [0.5, 0.6) is 0 Å². The monoisotopic (exact) mass is 422 g/mol.